The Morgan fingerprint density at radius 3 is 2.67 bits per heavy atom. The molecule has 1 aliphatic rings. The molecule has 1 fully saturated rings. The van der Waals surface area contributed by atoms with Gasteiger partial charge in [-0.05, 0) is 51.8 Å². The van der Waals surface area contributed by atoms with Crippen LogP contribution < -0.4 is 5.32 Å². The Bertz CT molecular complexity index is 506. The average Bonchev–Trinajstić information content (AvgIpc) is 2.95. The Labute approximate surface area is 123 Å². The monoisotopic (exact) mass is 295 g/mol. The summed E-state index contributed by atoms with van der Waals surface area (Å²) in [6, 6.07) is 2.62. The zero-order chi connectivity index (χ0) is 15.4. The molecular weight excluding hydrogens is 274 g/mol. The number of nitro groups is 1. The lowest BCUT2D eigenvalue weighted by Crippen LogP contribution is -2.42. The predicted octanol–water partition coefficient (Wildman–Crippen LogP) is 2.04. The van der Waals surface area contributed by atoms with E-state index in [4.69, 9.17) is 4.42 Å². The van der Waals surface area contributed by atoms with E-state index in [1.54, 1.807) is 4.90 Å². The lowest BCUT2D eigenvalue weighted by atomic mass is 9.97. The summed E-state index contributed by atoms with van der Waals surface area (Å²) >= 11 is 0. The number of hydrogen-bond donors (Lipinski definition) is 1. The van der Waals surface area contributed by atoms with E-state index in [1.807, 2.05) is 13.8 Å². The first-order valence-corrected chi connectivity index (χ1v) is 7.25. The number of rotatable bonds is 5. The van der Waals surface area contributed by atoms with Crippen LogP contribution >= 0.6 is 0 Å². The molecule has 7 nitrogen and oxygen atoms in total. The standard InChI is InChI=1S/C14H21N3O4/c1-10(2)16(9-11-5-7-15-8-6-11)14(18)12-3-4-13(21-12)17(19)20/h3-4,10-11,15H,5-9H2,1-2H3. The van der Waals surface area contributed by atoms with Gasteiger partial charge in [0, 0.05) is 12.6 Å². The second-order valence-electron chi connectivity index (χ2n) is 5.64. The Morgan fingerprint density at radius 2 is 2.14 bits per heavy atom. The largest absolute Gasteiger partial charge is 0.433 e. The molecule has 2 rings (SSSR count). The Morgan fingerprint density at radius 1 is 1.48 bits per heavy atom. The number of carbonyl (C=O) groups is 1. The molecule has 0 aliphatic carbocycles. The molecule has 2 heterocycles. The SMILES string of the molecule is CC(C)N(CC1CCNCC1)C(=O)c1ccc([N+](=O)[O-])o1. The normalized spacial score (nSPS) is 16.1. The minimum absolute atomic E-state index is 0.0246. The predicted molar refractivity (Wildman–Crippen MR) is 77.1 cm³/mol. The third kappa shape index (κ3) is 3.81. The van der Waals surface area contributed by atoms with E-state index in [2.05, 4.69) is 5.32 Å². The minimum atomic E-state index is -0.636. The van der Waals surface area contributed by atoms with Gasteiger partial charge in [0.1, 0.15) is 4.92 Å². The maximum atomic E-state index is 12.5. The average molecular weight is 295 g/mol. The number of furan rings is 1. The highest BCUT2D eigenvalue weighted by Crippen LogP contribution is 2.21. The van der Waals surface area contributed by atoms with E-state index in [-0.39, 0.29) is 17.7 Å². The van der Waals surface area contributed by atoms with Crippen LogP contribution in [0.1, 0.15) is 37.2 Å². The van der Waals surface area contributed by atoms with Gasteiger partial charge < -0.3 is 14.6 Å². The molecule has 0 radical (unpaired) electrons. The maximum Gasteiger partial charge on any atom is 0.433 e. The molecule has 1 aromatic rings. The van der Waals surface area contributed by atoms with Crippen molar-refractivity contribution in [2.75, 3.05) is 19.6 Å². The molecule has 0 atom stereocenters. The van der Waals surface area contributed by atoms with Crippen molar-refractivity contribution >= 4 is 11.8 Å². The first-order valence-electron chi connectivity index (χ1n) is 7.25. The lowest BCUT2D eigenvalue weighted by Gasteiger charge is -2.32. The highest BCUT2D eigenvalue weighted by atomic mass is 16.6. The third-order valence-corrected chi connectivity index (χ3v) is 3.78. The second kappa shape index (κ2) is 6.71. The summed E-state index contributed by atoms with van der Waals surface area (Å²) in [6.45, 7) is 6.48. The van der Waals surface area contributed by atoms with Crippen LogP contribution in [0.4, 0.5) is 5.88 Å². The molecular formula is C14H21N3O4. The van der Waals surface area contributed by atoms with Gasteiger partial charge in [0.15, 0.2) is 5.76 Å². The molecule has 1 saturated heterocycles. The third-order valence-electron chi connectivity index (χ3n) is 3.78. The van der Waals surface area contributed by atoms with Crippen LogP contribution in [0.5, 0.6) is 0 Å². The number of nitrogens with zero attached hydrogens (tertiary/aromatic N) is 2. The van der Waals surface area contributed by atoms with Crippen molar-refractivity contribution in [3.05, 3.63) is 28.0 Å². The molecule has 21 heavy (non-hydrogen) atoms. The molecule has 7 heteroatoms. The lowest BCUT2D eigenvalue weighted by molar-refractivity contribution is -0.402. The molecule has 0 unspecified atom stereocenters. The number of hydrogen-bond acceptors (Lipinski definition) is 5. The van der Waals surface area contributed by atoms with E-state index in [0.717, 1.165) is 25.9 Å². The fourth-order valence-corrected chi connectivity index (χ4v) is 2.55. The van der Waals surface area contributed by atoms with Crippen molar-refractivity contribution in [3.8, 4) is 0 Å². The van der Waals surface area contributed by atoms with Crippen molar-refractivity contribution in [2.45, 2.75) is 32.7 Å². The minimum Gasteiger partial charge on any atom is -0.395 e. The molecule has 1 aliphatic heterocycles. The van der Waals surface area contributed by atoms with Crippen LogP contribution in [0.3, 0.4) is 0 Å². The second-order valence-corrected chi connectivity index (χ2v) is 5.64. The first kappa shape index (κ1) is 15.5. The van der Waals surface area contributed by atoms with E-state index in [1.165, 1.54) is 12.1 Å². The van der Waals surface area contributed by atoms with Crippen LogP contribution in [0.15, 0.2) is 16.5 Å². The molecule has 0 bridgehead atoms. The molecule has 116 valence electrons. The van der Waals surface area contributed by atoms with E-state index in [0.29, 0.717) is 12.5 Å². The summed E-state index contributed by atoms with van der Waals surface area (Å²) in [6.07, 6.45) is 2.07. The number of piperidine rings is 1. The Hall–Kier alpha value is -1.89. The highest BCUT2D eigenvalue weighted by molar-refractivity contribution is 5.92. The molecule has 0 saturated carbocycles. The van der Waals surface area contributed by atoms with Gasteiger partial charge in [-0.2, -0.15) is 0 Å². The fraction of sp³-hybridized carbons (Fsp3) is 0.643. The van der Waals surface area contributed by atoms with Crippen LogP contribution in [0, 0.1) is 16.0 Å². The van der Waals surface area contributed by atoms with E-state index >= 15 is 0 Å². The van der Waals surface area contributed by atoms with Crippen LogP contribution in [-0.2, 0) is 0 Å². The number of amides is 1. The summed E-state index contributed by atoms with van der Waals surface area (Å²) in [5, 5.41) is 13.9. The number of carbonyl (C=O) groups excluding carboxylic acids is 1. The van der Waals surface area contributed by atoms with Gasteiger partial charge in [0.2, 0.25) is 0 Å². The van der Waals surface area contributed by atoms with Crippen LogP contribution in [0.2, 0.25) is 0 Å². The van der Waals surface area contributed by atoms with Crippen molar-refractivity contribution in [3.63, 3.8) is 0 Å². The summed E-state index contributed by atoms with van der Waals surface area (Å²) in [7, 11) is 0. The summed E-state index contributed by atoms with van der Waals surface area (Å²) in [5.74, 6) is -0.188. The fourth-order valence-electron chi connectivity index (χ4n) is 2.55. The zero-order valence-corrected chi connectivity index (χ0v) is 12.4. The smallest absolute Gasteiger partial charge is 0.395 e. The van der Waals surface area contributed by atoms with Gasteiger partial charge >= 0.3 is 5.88 Å². The molecule has 1 amide bonds. The molecule has 1 N–H and O–H groups in total. The van der Waals surface area contributed by atoms with Gasteiger partial charge in [-0.25, -0.2) is 0 Å². The van der Waals surface area contributed by atoms with Gasteiger partial charge in [-0.15, -0.1) is 0 Å². The maximum absolute atomic E-state index is 12.5. The van der Waals surface area contributed by atoms with E-state index < -0.39 is 10.8 Å². The topological polar surface area (TPSA) is 88.6 Å². The van der Waals surface area contributed by atoms with Gasteiger partial charge in [0.25, 0.3) is 5.91 Å². The highest BCUT2D eigenvalue weighted by Gasteiger charge is 2.27. The van der Waals surface area contributed by atoms with Gasteiger partial charge in [0.05, 0.1) is 6.07 Å². The quantitative estimate of drug-likeness (QED) is 0.663. The Kier molecular flexibility index (Phi) is 4.95. The van der Waals surface area contributed by atoms with E-state index in [9.17, 15) is 14.9 Å². The van der Waals surface area contributed by atoms with Crippen LogP contribution in [0.25, 0.3) is 0 Å². The first-order chi connectivity index (χ1) is 9.99. The summed E-state index contributed by atoms with van der Waals surface area (Å²) in [5.41, 5.74) is 0. The summed E-state index contributed by atoms with van der Waals surface area (Å²) in [4.78, 5) is 24.2. The van der Waals surface area contributed by atoms with Crippen molar-refractivity contribution in [2.24, 2.45) is 5.92 Å². The molecule has 1 aromatic heterocycles. The van der Waals surface area contributed by atoms with Crippen LogP contribution in [-0.4, -0.2) is 41.4 Å². The van der Waals surface area contributed by atoms with Crippen molar-refractivity contribution in [1.82, 2.24) is 10.2 Å². The molecule has 0 spiro atoms. The number of nitrogens with one attached hydrogen (secondary N) is 1. The summed E-state index contributed by atoms with van der Waals surface area (Å²) < 4.78 is 5.02. The Balaban J connectivity index is 2.08. The van der Waals surface area contributed by atoms with Crippen molar-refractivity contribution in [1.29, 1.82) is 0 Å². The zero-order valence-electron chi connectivity index (χ0n) is 12.4. The van der Waals surface area contributed by atoms with Crippen molar-refractivity contribution < 1.29 is 14.1 Å². The van der Waals surface area contributed by atoms with Gasteiger partial charge in [-0.3, -0.25) is 14.9 Å². The van der Waals surface area contributed by atoms with Gasteiger partial charge in [-0.1, -0.05) is 0 Å². The molecule has 0 aromatic carbocycles.